The normalized spacial score (nSPS) is 34.7. The van der Waals surface area contributed by atoms with E-state index in [1.807, 2.05) is 0 Å². The number of carbonyl (C=O) groups excluding carboxylic acids is 1. The Labute approximate surface area is 237 Å². The maximum atomic E-state index is 11.8. The van der Waals surface area contributed by atoms with Crippen molar-refractivity contribution in [2.24, 2.45) is 35.3 Å². The molecule has 0 aromatic carbocycles. The second kappa shape index (κ2) is 16.5. The molecule has 9 atom stereocenters. The molecule has 3 aliphatic rings. The van der Waals surface area contributed by atoms with Gasteiger partial charge in [-0.15, -0.1) is 0 Å². The molecular formula is C32H58N2O5. The van der Waals surface area contributed by atoms with Gasteiger partial charge in [0.2, 0.25) is 0 Å². The Balaban J connectivity index is 1.32. The van der Waals surface area contributed by atoms with Gasteiger partial charge < -0.3 is 30.5 Å². The number of unbranched alkanes of at least 4 members (excludes halogenated alkanes) is 4. The first-order valence-electron chi connectivity index (χ1n) is 16.3. The largest absolute Gasteiger partial charge is 0.550 e. The molecule has 1 heterocycles. The van der Waals surface area contributed by atoms with Crippen molar-refractivity contribution in [3.8, 4) is 0 Å². The van der Waals surface area contributed by atoms with Crippen LogP contribution in [0.5, 0.6) is 0 Å². The number of aliphatic hydroxyl groups is 3. The number of hydrogen-bond donors (Lipinski definition) is 5. The minimum Gasteiger partial charge on any atom is -0.550 e. The quantitative estimate of drug-likeness (QED) is 0.139. The van der Waals surface area contributed by atoms with E-state index in [1.54, 1.807) is 0 Å². The van der Waals surface area contributed by atoms with E-state index in [4.69, 9.17) is 5.73 Å². The van der Waals surface area contributed by atoms with Crippen LogP contribution in [0.1, 0.15) is 122 Å². The van der Waals surface area contributed by atoms with Gasteiger partial charge in [-0.05, 0) is 88.4 Å². The standard InChI is InChI=1S/C32H58N2O5/c1-2-3-5-8-23-11-12-26(29(36)20-23)9-6-4-7-10-27(31(37)38)28(35)14-17-32(39)16-13-25(22-32)19-24-15-18-34-30(33)21-24/h11-12,23-30,34-36,39H,2-10,13-22,33H2,1H3,(H,37,38). The van der Waals surface area contributed by atoms with Crippen LogP contribution in [0.2, 0.25) is 0 Å². The minimum absolute atomic E-state index is 0.194. The van der Waals surface area contributed by atoms with E-state index in [2.05, 4.69) is 24.4 Å². The molecule has 0 bridgehead atoms. The Morgan fingerprint density at radius 1 is 1.08 bits per heavy atom. The van der Waals surface area contributed by atoms with Gasteiger partial charge >= 0.3 is 0 Å². The van der Waals surface area contributed by atoms with Gasteiger partial charge in [0.15, 0.2) is 0 Å². The topological polar surface area (TPSA) is 143 Å². The third-order valence-electron chi connectivity index (χ3n) is 10.1. The number of allylic oxidation sites excluding steroid dienone is 1. The Morgan fingerprint density at radius 3 is 2.59 bits per heavy atom. The highest BCUT2D eigenvalue weighted by atomic mass is 16.4. The van der Waals surface area contributed by atoms with Gasteiger partial charge in [0, 0.05) is 24.2 Å². The average molecular weight is 551 g/mol. The predicted octanol–water partition coefficient (Wildman–Crippen LogP) is 2.76. The smallest absolute Gasteiger partial charge is 0.137 e. The van der Waals surface area contributed by atoms with Gasteiger partial charge in [-0.25, -0.2) is 0 Å². The first-order chi connectivity index (χ1) is 18.7. The van der Waals surface area contributed by atoms with Gasteiger partial charge in [0.25, 0.3) is 0 Å². The summed E-state index contributed by atoms with van der Waals surface area (Å²) in [6.07, 6.45) is 19.5. The summed E-state index contributed by atoms with van der Waals surface area (Å²) >= 11 is 0. The number of rotatable bonds is 17. The third-order valence-corrected chi connectivity index (χ3v) is 10.1. The maximum absolute atomic E-state index is 11.8. The van der Waals surface area contributed by atoms with Crippen molar-refractivity contribution >= 4 is 5.97 Å². The summed E-state index contributed by atoms with van der Waals surface area (Å²) in [6, 6.07) is 0. The van der Waals surface area contributed by atoms with Gasteiger partial charge in [-0.3, -0.25) is 5.73 Å². The van der Waals surface area contributed by atoms with E-state index in [1.165, 1.54) is 25.7 Å². The number of carbonyl (C=O) groups is 1. The van der Waals surface area contributed by atoms with Crippen LogP contribution >= 0.6 is 0 Å². The van der Waals surface area contributed by atoms with Gasteiger partial charge in [0.1, 0.15) is 6.17 Å². The lowest BCUT2D eigenvalue weighted by molar-refractivity contribution is -0.699. The number of carboxylic acid groups (broad SMARTS) is 1. The summed E-state index contributed by atoms with van der Waals surface area (Å²) in [5.41, 5.74) is 5.30. The van der Waals surface area contributed by atoms with E-state index >= 15 is 0 Å². The van der Waals surface area contributed by atoms with Crippen molar-refractivity contribution in [2.75, 3.05) is 6.54 Å². The van der Waals surface area contributed by atoms with Crippen molar-refractivity contribution in [1.29, 1.82) is 0 Å². The van der Waals surface area contributed by atoms with E-state index in [0.717, 1.165) is 77.2 Å². The van der Waals surface area contributed by atoms with Crippen LogP contribution in [-0.4, -0.2) is 51.8 Å². The van der Waals surface area contributed by atoms with Gasteiger partial charge in [-0.1, -0.05) is 57.6 Å². The molecule has 0 amide bonds. The fraction of sp³-hybridized carbons (Fsp3) is 0.906. The van der Waals surface area contributed by atoms with E-state index in [-0.39, 0.29) is 18.2 Å². The Morgan fingerprint density at radius 2 is 1.87 bits per heavy atom. The highest BCUT2D eigenvalue weighted by Gasteiger charge is 2.39. The first kappa shape index (κ1) is 32.5. The van der Waals surface area contributed by atoms with Crippen molar-refractivity contribution < 1.29 is 30.5 Å². The van der Waals surface area contributed by atoms with E-state index in [9.17, 15) is 25.2 Å². The lowest BCUT2D eigenvalue weighted by Crippen LogP contribution is -2.94. The van der Waals surface area contributed by atoms with E-state index < -0.39 is 23.6 Å². The second-order valence-electron chi connectivity index (χ2n) is 13.4. The molecule has 7 heteroatoms. The lowest BCUT2D eigenvalue weighted by atomic mass is 9.81. The monoisotopic (exact) mass is 550 g/mol. The van der Waals surface area contributed by atoms with Gasteiger partial charge in [-0.2, -0.15) is 0 Å². The second-order valence-corrected chi connectivity index (χ2v) is 13.4. The average Bonchev–Trinajstić information content (AvgIpc) is 3.26. The Hall–Kier alpha value is -0.990. The summed E-state index contributed by atoms with van der Waals surface area (Å²) in [5.74, 6) is -0.270. The number of carboxylic acids is 1. The summed E-state index contributed by atoms with van der Waals surface area (Å²) in [5, 5.41) is 46.4. The SMILES string of the molecule is CCCCCC1C=CC(CCCCCC(C(=O)[O-])C(O)CCC2(O)CCC(CC3CC[NH2+]C(N)C3)C2)C(O)C1. The van der Waals surface area contributed by atoms with Crippen molar-refractivity contribution in [1.82, 2.24) is 0 Å². The molecule has 9 unspecified atom stereocenters. The highest BCUT2D eigenvalue weighted by Crippen LogP contribution is 2.42. The molecule has 7 nitrogen and oxygen atoms in total. The fourth-order valence-corrected chi connectivity index (χ4v) is 7.63. The zero-order chi connectivity index (χ0) is 28.3. The number of aliphatic hydroxyl groups excluding tert-OH is 2. The van der Waals surface area contributed by atoms with Gasteiger partial charge in [0.05, 0.1) is 24.4 Å². The van der Waals surface area contributed by atoms with Crippen LogP contribution in [0.25, 0.3) is 0 Å². The molecular weight excluding hydrogens is 492 g/mol. The molecule has 1 saturated heterocycles. The number of aliphatic carboxylic acids is 1. The van der Waals surface area contributed by atoms with Crippen LogP contribution < -0.4 is 16.2 Å². The zero-order valence-electron chi connectivity index (χ0n) is 24.5. The molecule has 0 aromatic heterocycles. The molecule has 0 radical (unpaired) electrons. The van der Waals surface area contributed by atoms with Crippen LogP contribution in [0.4, 0.5) is 0 Å². The van der Waals surface area contributed by atoms with Crippen molar-refractivity contribution in [3.05, 3.63) is 12.2 Å². The van der Waals surface area contributed by atoms with Crippen LogP contribution in [0.15, 0.2) is 12.2 Å². The van der Waals surface area contributed by atoms with Crippen LogP contribution in [0.3, 0.4) is 0 Å². The van der Waals surface area contributed by atoms with E-state index in [0.29, 0.717) is 37.0 Å². The summed E-state index contributed by atoms with van der Waals surface area (Å²) in [6.45, 7) is 3.29. The Kier molecular flexibility index (Phi) is 13.7. The van der Waals surface area contributed by atoms with Crippen molar-refractivity contribution in [3.63, 3.8) is 0 Å². The molecule has 7 N–H and O–H groups in total. The number of hydrogen-bond acceptors (Lipinski definition) is 6. The molecule has 39 heavy (non-hydrogen) atoms. The highest BCUT2D eigenvalue weighted by molar-refractivity contribution is 5.68. The summed E-state index contributed by atoms with van der Waals surface area (Å²) in [7, 11) is 0. The molecule has 3 rings (SSSR count). The predicted molar refractivity (Wildman–Crippen MR) is 152 cm³/mol. The number of piperidine rings is 1. The molecule has 1 aliphatic heterocycles. The zero-order valence-corrected chi connectivity index (χ0v) is 24.5. The summed E-state index contributed by atoms with van der Waals surface area (Å²) < 4.78 is 0. The lowest BCUT2D eigenvalue weighted by Gasteiger charge is -2.30. The molecule has 2 fully saturated rings. The molecule has 0 aromatic rings. The fourth-order valence-electron chi connectivity index (χ4n) is 7.63. The molecule has 226 valence electrons. The van der Waals surface area contributed by atoms with Crippen molar-refractivity contribution in [2.45, 2.75) is 146 Å². The molecule has 0 spiro atoms. The minimum atomic E-state index is -1.19. The molecule has 2 aliphatic carbocycles. The third kappa shape index (κ3) is 11.1. The Bertz CT molecular complexity index is 748. The number of quaternary nitrogens is 1. The maximum Gasteiger partial charge on any atom is 0.137 e. The first-order valence-corrected chi connectivity index (χ1v) is 16.3. The number of nitrogens with two attached hydrogens (primary N) is 2. The van der Waals surface area contributed by atoms with Crippen LogP contribution in [0, 0.1) is 29.6 Å². The molecule has 1 saturated carbocycles. The summed E-state index contributed by atoms with van der Waals surface area (Å²) in [4.78, 5) is 11.8. The van der Waals surface area contributed by atoms with Crippen LogP contribution in [-0.2, 0) is 4.79 Å².